The molecule has 0 unspecified atom stereocenters. The van der Waals surface area contributed by atoms with Crippen molar-refractivity contribution in [1.29, 1.82) is 0 Å². The van der Waals surface area contributed by atoms with Gasteiger partial charge in [0.05, 0.1) is 29.5 Å². The predicted octanol–water partition coefficient (Wildman–Crippen LogP) is 3.60. The molecular formula is C22H23F3N4O2. The van der Waals surface area contributed by atoms with E-state index in [1.807, 2.05) is 0 Å². The minimum atomic E-state index is -4.49. The first kappa shape index (κ1) is 21.3. The van der Waals surface area contributed by atoms with Crippen LogP contribution in [0.3, 0.4) is 0 Å². The highest BCUT2D eigenvalue weighted by molar-refractivity contribution is 5.92. The van der Waals surface area contributed by atoms with Crippen LogP contribution in [0.2, 0.25) is 0 Å². The van der Waals surface area contributed by atoms with Crippen LogP contribution in [0.1, 0.15) is 53.0 Å². The van der Waals surface area contributed by atoms with Crippen molar-refractivity contribution in [3.8, 4) is 0 Å². The molecule has 2 amide bonds. The molecule has 2 saturated heterocycles. The second kappa shape index (κ2) is 8.28. The maximum absolute atomic E-state index is 13.5. The van der Waals surface area contributed by atoms with Gasteiger partial charge in [-0.1, -0.05) is 18.2 Å². The molecule has 4 rings (SSSR count). The highest BCUT2D eigenvalue weighted by Gasteiger charge is 2.44. The van der Waals surface area contributed by atoms with Crippen LogP contribution in [0.25, 0.3) is 0 Å². The van der Waals surface area contributed by atoms with Gasteiger partial charge in [0.15, 0.2) is 0 Å². The van der Waals surface area contributed by atoms with Gasteiger partial charge >= 0.3 is 6.18 Å². The fraction of sp³-hybridized carbons (Fsp3) is 0.455. The Morgan fingerprint density at radius 2 is 1.90 bits per heavy atom. The van der Waals surface area contributed by atoms with Crippen LogP contribution in [0.5, 0.6) is 0 Å². The Balaban J connectivity index is 1.60. The van der Waals surface area contributed by atoms with E-state index in [1.54, 1.807) is 17.9 Å². The van der Waals surface area contributed by atoms with Gasteiger partial charge in [0.25, 0.3) is 5.91 Å². The van der Waals surface area contributed by atoms with Gasteiger partial charge in [-0.2, -0.15) is 13.2 Å². The minimum absolute atomic E-state index is 0.0678. The van der Waals surface area contributed by atoms with Gasteiger partial charge in [0.2, 0.25) is 5.91 Å². The van der Waals surface area contributed by atoms with E-state index < -0.39 is 11.7 Å². The predicted molar refractivity (Wildman–Crippen MR) is 106 cm³/mol. The van der Waals surface area contributed by atoms with E-state index in [0.29, 0.717) is 31.5 Å². The number of amides is 2. The van der Waals surface area contributed by atoms with E-state index >= 15 is 0 Å². The molecule has 0 N–H and O–H groups in total. The first-order chi connectivity index (χ1) is 14.8. The highest BCUT2D eigenvalue weighted by Crippen LogP contribution is 2.36. The Kier molecular flexibility index (Phi) is 5.68. The topological polar surface area (TPSA) is 66.4 Å². The molecule has 3 heterocycles. The van der Waals surface area contributed by atoms with E-state index in [2.05, 4.69) is 9.97 Å². The number of hydrogen-bond donors (Lipinski definition) is 0. The molecule has 0 bridgehead atoms. The molecule has 2 aromatic rings. The van der Waals surface area contributed by atoms with Gasteiger partial charge in [-0.05, 0) is 37.8 Å². The van der Waals surface area contributed by atoms with E-state index in [-0.39, 0.29) is 48.1 Å². The molecular weight excluding hydrogens is 409 g/mol. The van der Waals surface area contributed by atoms with Crippen molar-refractivity contribution in [2.45, 2.75) is 57.4 Å². The van der Waals surface area contributed by atoms with Crippen LogP contribution in [-0.2, 0) is 17.5 Å². The molecule has 0 saturated carbocycles. The number of rotatable bonds is 3. The number of alkyl halides is 3. The van der Waals surface area contributed by atoms with Crippen molar-refractivity contribution in [3.63, 3.8) is 0 Å². The maximum atomic E-state index is 13.5. The van der Waals surface area contributed by atoms with E-state index in [0.717, 1.165) is 6.07 Å². The van der Waals surface area contributed by atoms with Gasteiger partial charge < -0.3 is 9.80 Å². The van der Waals surface area contributed by atoms with Gasteiger partial charge in [0, 0.05) is 25.7 Å². The standard InChI is InChI=1S/C22H23F3N4O2/c1-14-11-27-17(12-26-14)21(31)28-10-9-19-18(28)7-4-8-20(30)29(19)13-15-5-2-3-6-16(15)22(23,24)25/h2-3,5-6,11-12,18-19H,4,7-10,13H2,1H3/t18-,19-/m1/s1. The maximum Gasteiger partial charge on any atom is 0.416 e. The van der Waals surface area contributed by atoms with Crippen molar-refractivity contribution in [1.82, 2.24) is 19.8 Å². The summed E-state index contributed by atoms with van der Waals surface area (Å²) in [6.07, 6.45) is 0.456. The Hall–Kier alpha value is -2.97. The fourth-order valence-corrected chi connectivity index (χ4v) is 4.57. The summed E-state index contributed by atoms with van der Waals surface area (Å²) in [7, 11) is 0. The molecule has 2 aliphatic heterocycles. The zero-order valence-corrected chi connectivity index (χ0v) is 17.1. The average Bonchev–Trinajstić information content (AvgIpc) is 3.08. The normalized spacial score (nSPS) is 21.7. The highest BCUT2D eigenvalue weighted by atomic mass is 19.4. The van der Waals surface area contributed by atoms with Crippen LogP contribution in [0.4, 0.5) is 13.2 Å². The SMILES string of the molecule is Cc1cnc(C(=O)N2CC[C@@H]3[C@H]2CCCC(=O)N3Cc2ccccc2C(F)(F)F)cn1. The third-order valence-corrected chi connectivity index (χ3v) is 6.05. The molecule has 0 aliphatic carbocycles. The molecule has 2 fully saturated rings. The van der Waals surface area contributed by atoms with Crippen LogP contribution >= 0.6 is 0 Å². The quantitative estimate of drug-likeness (QED) is 0.744. The third kappa shape index (κ3) is 4.26. The zero-order chi connectivity index (χ0) is 22.2. The first-order valence-corrected chi connectivity index (χ1v) is 10.3. The fourth-order valence-electron chi connectivity index (χ4n) is 4.57. The molecule has 0 radical (unpaired) electrons. The van der Waals surface area contributed by atoms with Gasteiger partial charge in [-0.3, -0.25) is 14.6 Å². The molecule has 1 aromatic carbocycles. The zero-order valence-electron chi connectivity index (χ0n) is 17.1. The molecule has 2 aliphatic rings. The Morgan fingerprint density at radius 3 is 2.61 bits per heavy atom. The minimum Gasteiger partial charge on any atom is -0.333 e. The molecule has 31 heavy (non-hydrogen) atoms. The number of carbonyl (C=O) groups is 2. The van der Waals surface area contributed by atoms with Gasteiger partial charge in [-0.25, -0.2) is 4.98 Å². The average molecular weight is 432 g/mol. The molecule has 2 atom stereocenters. The van der Waals surface area contributed by atoms with Crippen molar-refractivity contribution in [3.05, 3.63) is 59.2 Å². The number of hydrogen-bond acceptors (Lipinski definition) is 4. The molecule has 0 spiro atoms. The number of carbonyl (C=O) groups excluding carboxylic acids is 2. The van der Waals surface area contributed by atoms with Gasteiger partial charge in [0.1, 0.15) is 5.69 Å². The second-order valence-electron chi connectivity index (χ2n) is 8.03. The number of fused-ring (bicyclic) bond motifs is 1. The van der Waals surface area contributed by atoms with Gasteiger partial charge in [-0.15, -0.1) is 0 Å². The lowest BCUT2D eigenvalue weighted by Gasteiger charge is -2.33. The molecule has 9 heteroatoms. The van der Waals surface area contributed by atoms with Crippen LogP contribution in [-0.4, -0.2) is 50.2 Å². The second-order valence-corrected chi connectivity index (χ2v) is 8.03. The largest absolute Gasteiger partial charge is 0.416 e. The van der Waals surface area contributed by atoms with E-state index in [9.17, 15) is 22.8 Å². The van der Waals surface area contributed by atoms with E-state index in [4.69, 9.17) is 0 Å². The summed E-state index contributed by atoms with van der Waals surface area (Å²) >= 11 is 0. The van der Waals surface area contributed by atoms with Crippen molar-refractivity contribution < 1.29 is 22.8 Å². The monoisotopic (exact) mass is 432 g/mol. The summed E-state index contributed by atoms with van der Waals surface area (Å²) in [4.78, 5) is 37.4. The van der Waals surface area contributed by atoms with Crippen molar-refractivity contribution in [2.24, 2.45) is 0 Å². The van der Waals surface area contributed by atoms with Crippen molar-refractivity contribution in [2.75, 3.05) is 6.54 Å². The van der Waals surface area contributed by atoms with Crippen LogP contribution in [0, 0.1) is 6.92 Å². The summed E-state index contributed by atoms with van der Waals surface area (Å²) in [6.45, 7) is 2.08. The van der Waals surface area contributed by atoms with Crippen molar-refractivity contribution >= 4 is 11.8 Å². The molecule has 164 valence electrons. The summed E-state index contributed by atoms with van der Waals surface area (Å²) in [5, 5.41) is 0. The first-order valence-electron chi connectivity index (χ1n) is 10.3. The number of aromatic nitrogens is 2. The summed E-state index contributed by atoms with van der Waals surface area (Å²) in [5.41, 5.74) is 0.267. The summed E-state index contributed by atoms with van der Waals surface area (Å²) in [6, 6.07) is 4.77. The summed E-state index contributed by atoms with van der Waals surface area (Å²) < 4.78 is 40.4. The lowest BCUT2D eigenvalue weighted by molar-refractivity contribution is -0.140. The number of nitrogens with zero attached hydrogens (tertiary/aromatic N) is 4. The summed E-state index contributed by atoms with van der Waals surface area (Å²) in [5.74, 6) is -0.432. The Labute approximate surface area is 178 Å². The smallest absolute Gasteiger partial charge is 0.333 e. The Bertz CT molecular complexity index is 977. The van der Waals surface area contributed by atoms with Crippen LogP contribution in [0.15, 0.2) is 36.7 Å². The van der Waals surface area contributed by atoms with E-state index in [1.165, 1.54) is 29.4 Å². The number of likely N-dealkylation sites (tertiary alicyclic amines) is 2. The third-order valence-electron chi connectivity index (χ3n) is 6.05. The number of halogens is 3. The van der Waals surface area contributed by atoms with Crippen LogP contribution < -0.4 is 0 Å². The number of aryl methyl sites for hydroxylation is 1. The lowest BCUT2D eigenvalue weighted by Crippen LogP contribution is -2.47. The molecule has 1 aromatic heterocycles. The molecule has 6 nitrogen and oxygen atoms in total. The number of benzene rings is 1. The lowest BCUT2D eigenvalue weighted by atomic mass is 10.0. The Morgan fingerprint density at radius 1 is 1.13 bits per heavy atom.